The number of halogens is 1. The molecule has 0 unspecified atom stereocenters. The van der Waals surface area contributed by atoms with Crippen molar-refractivity contribution in [1.29, 1.82) is 0 Å². The van der Waals surface area contributed by atoms with Gasteiger partial charge in [0.1, 0.15) is 11.2 Å². The Hall–Kier alpha value is -2.09. The standard InChI is InChI=1S/C19H26BrNO6/c1-18(2,3)26-16(23)13-12(15(22)25-7)9-8-11(14(13)20)10-21-17(24)27-19(4,5)6/h8-9H,10H2,1-7H3,(H,21,24). The van der Waals surface area contributed by atoms with Gasteiger partial charge in [-0.15, -0.1) is 0 Å². The zero-order chi connectivity index (χ0) is 21.0. The number of hydrogen-bond acceptors (Lipinski definition) is 6. The average molecular weight is 444 g/mol. The van der Waals surface area contributed by atoms with Crippen LogP contribution in [0, 0.1) is 0 Å². The van der Waals surface area contributed by atoms with Crippen LogP contribution in [0.3, 0.4) is 0 Å². The Morgan fingerprint density at radius 1 is 0.963 bits per heavy atom. The van der Waals surface area contributed by atoms with E-state index in [1.54, 1.807) is 47.6 Å². The number of ether oxygens (including phenoxy) is 3. The lowest BCUT2D eigenvalue weighted by Gasteiger charge is -2.22. The van der Waals surface area contributed by atoms with E-state index < -0.39 is 29.2 Å². The first-order valence-corrected chi connectivity index (χ1v) is 9.14. The van der Waals surface area contributed by atoms with Crippen molar-refractivity contribution in [2.45, 2.75) is 59.3 Å². The SMILES string of the molecule is COC(=O)c1ccc(CNC(=O)OC(C)(C)C)c(Br)c1C(=O)OC(C)(C)C. The summed E-state index contributed by atoms with van der Waals surface area (Å²) in [7, 11) is 1.23. The zero-order valence-electron chi connectivity index (χ0n) is 16.7. The molecule has 150 valence electrons. The van der Waals surface area contributed by atoms with E-state index in [9.17, 15) is 14.4 Å². The summed E-state index contributed by atoms with van der Waals surface area (Å²) >= 11 is 3.35. The van der Waals surface area contributed by atoms with Crippen LogP contribution in [0.4, 0.5) is 4.79 Å². The molecule has 0 spiro atoms. The summed E-state index contributed by atoms with van der Waals surface area (Å²) in [6.07, 6.45) is -0.592. The summed E-state index contributed by atoms with van der Waals surface area (Å²) in [6.45, 7) is 10.5. The fourth-order valence-corrected chi connectivity index (χ4v) is 2.69. The Morgan fingerprint density at radius 2 is 1.52 bits per heavy atom. The molecule has 0 bridgehead atoms. The highest BCUT2D eigenvalue weighted by molar-refractivity contribution is 9.10. The number of hydrogen-bond donors (Lipinski definition) is 1. The molecule has 0 aliphatic heterocycles. The van der Waals surface area contributed by atoms with Gasteiger partial charge in [-0.3, -0.25) is 0 Å². The molecule has 8 heteroatoms. The largest absolute Gasteiger partial charge is 0.465 e. The first-order chi connectivity index (χ1) is 12.2. The minimum Gasteiger partial charge on any atom is -0.465 e. The maximum atomic E-state index is 12.6. The maximum Gasteiger partial charge on any atom is 0.407 e. The molecule has 0 fully saturated rings. The zero-order valence-corrected chi connectivity index (χ0v) is 18.3. The molecule has 0 radical (unpaired) electrons. The summed E-state index contributed by atoms with van der Waals surface area (Å²) in [5.74, 6) is -1.34. The highest BCUT2D eigenvalue weighted by Crippen LogP contribution is 2.28. The van der Waals surface area contributed by atoms with Crippen LogP contribution < -0.4 is 5.32 Å². The fourth-order valence-electron chi connectivity index (χ4n) is 2.05. The van der Waals surface area contributed by atoms with Crippen molar-refractivity contribution in [3.63, 3.8) is 0 Å². The lowest BCUT2D eigenvalue weighted by Crippen LogP contribution is -2.32. The number of benzene rings is 1. The van der Waals surface area contributed by atoms with Crippen molar-refractivity contribution in [1.82, 2.24) is 5.32 Å². The smallest absolute Gasteiger partial charge is 0.407 e. The van der Waals surface area contributed by atoms with Crippen molar-refractivity contribution in [2.75, 3.05) is 7.11 Å². The Bertz CT molecular complexity index is 731. The van der Waals surface area contributed by atoms with Gasteiger partial charge in [0.2, 0.25) is 0 Å². The number of alkyl carbamates (subject to hydrolysis) is 1. The van der Waals surface area contributed by atoms with Gasteiger partial charge in [-0.05, 0) is 69.1 Å². The van der Waals surface area contributed by atoms with Crippen molar-refractivity contribution in [2.24, 2.45) is 0 Å². The number of nitrogens with one attached hydrogen (secondary N) is 1. The highest BCUT2D eigenvalue weighted by atomic mass is 79.9. The van der Waals surface area contributed by atoms with Crippen molar-refractivity contribution >= 4 is 34.0 Å². The molecule has 0 heterocycles. The maximum absolute atomic E-state index is 12.6. The van der Waals surface area contributed by atoms with E-state index in [0.29, 0.717) is 10.0 Å². The van der Waals surface area contributed by atoms with Gasteiger partial charge in [0.25, 0.3) is 0 Å². The van der Waals surface area contributed by atoms with Crippen LogP contribution in [0.25, 0.3) is 0 Å². The summed E-state index contributed by atoms with van der Waals surface area (Å²) in [4.78, 5) is 36.5. The minimum atomic E-state index is -0.741. The minimum absolute atomic E-state index is 0.0419. The topological polar surface area (TPSA) is 90.9 Å². The molecule has 1 aromatic carbocycles. The second-order valence-corrected chi connectivity index (χ2v) is 8.60. The molecule has 0 atom stereocenters. The number of amides is 1. The lowest BCUT2D eigenvalue weighted by molar-refractivity contribution is 0.00638. The summed E-state index contributed by atoms with van der Waals surface area (Å²) < 4.78 is 15.7. The van der Waals surface area contributed by atoms with Crippen LogP contribution in [-0.4, -0.2) is 36.3 Å². The van der Waals surface area contributed by atoms with E-state index in [1.807, 2.05) is 0 Å². The monoisotopic (exact) mass is 443 g/mol. The molecule has 0 aliphatic rings. The second kappa shape index (κ2) is 8.73. The van der Waals surface area contributed by atoms with Crippen LogP contribution in [0.15, 0.2) is 16.6 Å². The van der Waals surface area contributed by atoms with Crippen LogP contribution in [0.2, 0.25) is 0 Å². The van der Waals surface area contributed by atoms with Gasteiger partial charge in [0.15, 0.2) is 0 Å². The number of methoxy groups -OCH3 is 1. The van der Waals surface area contributed by atoms with Crippen LogP contribution in [0.1, 0.15) is 67.8 Å². The first kappa shape index (κ1) is 23.0. The van der Waals surface area contributed by atoms with E-state index in [-0.39, 0.29) is 17.7 Å². The summed E-state index contributed by atoms with van der Waals surface area (Å²) in [6, 6.07) is 3.07. The third-order valence-electron chi connectivity index (χ3n) is 3.05. The normalized spacial score (nSPS) is 11.6. The van der Waals surface area contributed by atoms with Crippen LogP contribution in [-0.2, 0) is 20.8 Å². The van der Waals surface area contributed by atoms with Gasteiger partial charge in [-0.25, -0.2) is 14.4 Å². The highest BCUT2D eigenvalue weighted by Gasteiger charge is 2.27. The second-order valence-electron chi connectivity index (χ2n) is 7.81. The van der Waals surface area contributed by atoms with E-state index >= 15 is 0 Å². The number of carbonyl (C=O) groups is 3. The van der Waals surface area contributed by atoms with Gasteiger partial charge < -0.3 is 19.5 Å². The van der Waals surface area contributed by atoms with Gasteiger partial charge in [-0.1, -0.05) is 6.07 Å². The lowest BCUT2D eigenvalue weighted by atomic mass is 10.0. The quantitative estimate of drug-likeness (QED) is 0.553. The van der Waals surface area contributed by atoms with E-state index in [1.165, 1.54) is 13.2 Å². The molecule has 1 amide bonds. The van der Waals surface area contributed by atoms with E-state index in [4.69, 9.17) is 14.2 Å². The van der Waals surface area contributed by atoms with Gasteiger partial charge in [-0.2, -0.15) is 0 Å². The van der Waals surface area contributed by atoms with E-state index in [2.05, 4.69) is 21.2 Å². The average Bonchev–Trinajstić information content (AvgIpc) is 2.49. The van der Waals surface area contributed by atoms with Gasteiger partial charge >= 0.3 is 18.0 Å². The molecule has 0 saturated heterocycles. The molecule has 7 nitrogen and oxygen atoms in total. The molecule has 1 aromatic rings. The van der Waals surface area contributed by atoms with E-state index in [0.717, 1.165) is 0 Å². The molecule has 27 heavy (non-hydrogen) atoms. The van der Waals surface area contributed by atoms with Crippen LogP contribution >= 0.6 is 15.9 Å². The Kier molecular flexibility index (Phi) is 7.42. The van der Waals surface area contributed by atoms with Crippen LogP contribution in [0.5, 0.6) is 0 Å². The molecular formula is C19H26BrNO6. The third kappa shape index (κ3) is 7.21. The number of carbonyl (C=O) groups excluding carboxylic acids is 3. The Labute approximate surface area is 167 Å². The van der Waals surface area contributed by atoms with Gasteiger partial charge in [0.05, 0.1) is 18.2 Å². The Morgan fingerprint density at radius 3 is 2.00 bits per heavy atom. The Balaban J connectivity index is 3.19. The van der Waals surface area contributed by atoms with Crippen molar-refractivity contribution < 1.29 is 28.6 Å². The predicted octanol–water partition coefficient (Wildman–Crippen LogP) is 4.22. The molecular weight excluding hydrogens is 418 g/mol. The third-order valence-corrected chi connectivity index (χ3v) is 3.96. The predicted molar refractivity (Wildman–Crippen MR) is 104 cm³/mol. The fraction of sp³-hybridized carbons (Fsp3) is 0.526. The van der Waals surface area contributed by atoms with Crippen molar-refractivity contribution in [3.8, 4) is 0 Å². The first-order valence-electron chi connectivity index (χ1n) is 8.35. The van der Waals surface area contributed by atoms with Crippen molar-refractivity contribution in [3.05, 3.63) is 33.3 Å². The molecule has 1 N–H and O–H groups in total. The molecule has 0 aliphatic carbocycles. The molecule has 1 rings (SSSR count). The number of esters is 2. The number of rotatable bonds is 4. The summed E-state index contributed by atoms with van der Waals surface area (Å²) in [5.41, 5.74) is -0.679. The molecule has 0 saturated carbocycles. The van der Waals surface area contributed by atoms with Gasteiger partial charge in [0, 0.05) is 11.0 Å². The molecule has 0 aromatic heterocycles. The summed E-state index contributed by atoms with van der Waals surface area (Å²) in [5, 5.41) is 2.61.